The Balaban J connectivity index is 0.000000202. The third kappa shape index (κ3) is 2.79. The van der Waals surface area contributed by atoms with Crippen molar-refractivity contribution in [1.29, 1.82) is 0 Å². The zero-order chi connectivity index (χ0) is 15.4. The molecule has 0 aliphatic carbocycles. The summed E-state index contributed by atoms with van der Waals surface area (Å²) in [6.45, 7) is 1.65. The Bertz CT molecular complexity index is 754. The second-order valence-corrected chi connectivity index (χ2v) is 5.00. The first kappa shape index (κ1) is 14.1. The van der Waals surface area contributed by atoms with Crippen molar-refractivity contribution >= 4 is 22.1 Å². The predicted molar refractivity (Wildman–Crippen MR) is 87.0 cm³/mol. The summed E-state index contributed by atoms with van der Waals surface area (Å²) in [4.78, 5) is 10.6. The molecule has 5 heteroatoms. The summed E-state index contributed by atoms with van der Waals surface area (Å²) in [6, 6.07) is 9.04. The SMILES string of the molecule is C1=CCOC=C1.O=[N+]([O-])c1cccc2c3c(ccc12)CCN3. The number of hydrogen-bond donors (Lipinski definition) is 1. The van der Waals surface area contributed by atoms with Crippen LogP contribution in [-0.2, 0) is 11.2 Å². The number of anilines is 1. The van der Waals surface area contributed by atoms with E-state index in [2.05, 4.69) is 5.32 Å². The molecule has 2 aliphatic rings. The average molecular weight is 296 g/mol. The van der Waals surface area contributed by atoms with Gasteiger partial charge in [-0.25, -0.2) is 0 Å². The number of benzene rings is 2. The molecular formula is C17H16N2O3. The number of nitrogens with zero attached hydrogens (tertiary/aromatic N) is 1. The molecule has 0 fully saturated rings. The lowest BCUT2D eigenvalue weighted by atomic mass is 10.0. The van der Waals surface area contributed by atoms with Gasteiger partial charge in [0.1, 0.15) is 6.61 Å². The van der Waals surface area contributed by atoms with Crippen molar-refractivity contribution in [1.82, 2.24) is 0 Å². The van der Waals surface area contributed by atoms with Crippen LogP contribution in [0, 0.1) is 10.1 Å². The number of nitro benzene ring substituents is 1. The second kappa shape index (κ2) is 6.30. The first-order valence-corrected chi connectivity index (χ1v) is 7.13. The fourth-order valence-electron chi connectivity index (χ4n) is 2.63. The van der Waals surface area contributed by atoms with Crippen LogP contribution in [0.5, 0.6) is 0 Å². The highest BCUT2D eigenvalue weighted by Gasteiger charge is 2.17. The largest absolute Gasteiger partial charge is 0.497 e. The van der Waals surface area contributed by atoms with E-state index in [-0.39, 0.29) is 10.6 Å². The summed E-state index contributed by atoms with van der Waals surface area (Å²) in [5, 5.41) is 15.8. The van der Waals surface area contributed by atoms with Gasteiger partial charge in [0.15, 0.2) is 0 Å². The molecule has 22 heavy (non-hydrogen) atoms. The van der Waals surface area contributed by atoms with Crippen LogP contribution < -0.4 is 5.32 Å². The molecular weight excluding hydrogens is 280 g/mol. The third-order valence-corrected chi connectivity index (χ3v) is 3.63. The molecule has 0 amide bonds. The fourth-order valence-corrected chi connectivity index (χ4v) is 2.63. The van der Waals surface area contributed by atoms with Gasteiger partial charge in [0, 0.05) is 23.7 Å². The zero-order valence-electron chi connectivity index (χ0n) is 12.0. The number of nitrogens with one attached hydrogen (secondary N) is 1. The Morgan fingerprint density at radius 1 is 1.14 bits per heavy atom. The highest BCUT2D eigenvalue weighted by Crippen LogP contribution is 2.35. The Morgan fingerprint density at radius 3 is 2.68 bits per heavy atom. The normalized spacial score (nSPS) is 14.5. The van der Waals surface area contributed by atoms with Crippen LogP contribution in [0.1, 0.15) is 5.56 Å². The van der Waals surface area contributed by atoms with Crippen molar-refractivity contribution in [2.24, 2.45) is 0 Å². The van der Waals surface area contributed by atoms with E-state index in [9.17, 15) is 10.1 Å². The maximum atomic E-state index is 10.9. The number of ether oxygens (including phenoxy) is 1. The fraction of sp³-hybridized carbons (Fsp3) is 0.176. The van der Waals surface area contributed by atoms with Crippen molar-refractivity contribution in [3.63, 3.8) is 0 Å². The molecule has 4 rings (SSSR count). The van der Waals surface area contributed by atoms with Gasteiger partial charge < -0.3 is 10.1 Å². The topological polar surface area (TPSA) is 64.4 Å². The lowest BCUT2D eigenvalue weighted by Crippen LogP contribution is -1.93. The molecule has 2 aromatic carbocycles. The molecule has 2 aromatic rings. The minimum absolute atomic E-state index is 0.175. The quantitative estimate of drug-likeness (QED) is 0.642. The molecule has 0 atom stereocenters. The molecule has 0 aromatic heterocycles. The van der Waals surface area contributed by atoms with Gasteiger partial charge in [0.2, 0.25) is 0 Å². The standard InChI is InChI=1S/C12H10N2O2.C5H6O/c15-14(16)11-3-1-2-10-9(11)5-4-8-6-7-13-12(8)10;1-2-4-6-5-3-1/h1-5,13H,6-7H2;1-4H,5H2. The van der Waals surface area contributed by atoms with Crippen LogP contribution in [0.2, 0.25) is 0 Å². The zero-order valence-corrected chi connectivity index (χ0v) is 12.0. The lowest BCUT2D eigenvalue weighted by Gasteiger charge is -2.05. The highest BCUT2D eigenvalue weighted by molar-refractivity contribution is 6.01. The van der Waals surface area contributed by atoms with E-state index in [4.69, 9.17) is 4.74 Å². The minimum atomic E-state index is -0.330. The monoisotopic (exact) mass is 296 g/mol. The van der Waals surface area contributed by atoms with Crippen LogP contribution in [0.3, 0.4) is 0 Å². The van der Waals surface area contributed by atoms with E-state index in [0.717, 1.165) is 30.6 Å². The molecule has 0 saturated heterocycles. The lowest BCUT2D eigenvalue weighted by molar-refractivity contribution is -0.383. The minimum Gasteiger partial charge on any atom is -0.497 e. The van der Waals surface area contributed by atoms with E-state index in [1.807, 2.05) is 36.4 Å². The first-order valence-electron chi connectivity index (χ1n) is 7.13. The maximum absolute atomic E-state index is 10.9. The van der Waals surface area contributed by atoms with Crippen molar-refractivity contribution in [2.75, 3.05) is 18.5 Å². The van der Waals surface area contributed by atoms with Crippen LogP contribution in [0.4, 0.5) is 11.4 Å². The Kier molecular flexibility index (Phi) is 4.05. The molecule has 0 unspecified atom stereocenters. The first-order chi connectivity index (χ1) is 10.8. The van der Waals surface area contributed by atoms with E-state index in [1.165, 1.54) is 5.56 Å². The van der Waals surface area contributed by atoms with Gasteiger partial charge >= 0.3 is 0 Å². The predicted octanol–water partition coefficient (Wildman–Crippen LogP) is 3.80. The highest BCUT2D eigenvalue weighted by atomic mass is 16.6. The van der Waals surface area contributed by atoms with Crippen LogP contribution in [0.15, 0.2) is 54.8 Å². The second-order valence-electron chi connectivity index (χ2n) is 5.00. The summed E-state index contributed by atoms with van der Waals surface area (Å²) in [5.74, 6) is 0. The van der Waals surface area contributed by atoms with E-state index >= 15 is 0 Å². The van der Waals surface area contributed by atoms with Crippen molar-refractivity contribution in [3.05, 3.63) is 70.5 Å². The number of fused-ring (bicyclic) bond motifs is 3. The summed E-state index contributed by atoms with van der Waals surface area (Å²) >= 11 is 0. The number of hydrogen-bond acceptors (Lipinski definition) is 4. The summed E-state index contributed by atoms with van der Waals surface area (Å²) in [5.41, 5.74) is 2.48. The van der Waals surface area contributed by atoms with E-state index < -0.39 is 0 Å². The van der Waals surface area contributed by atoms with Crippen molar-refractivity contribution < 1.29 is 9.66 Å². The molecule has 0 bridgehead atoms. The van der Waals surface area contributed by atoms with E-state index in [1.54, 1.807) is 18.4 Å². The third-order valence-electron chi connectivity index (χ3n) is 3.63. The van der Waals surface area contributed by atoms with Gasteiger partial charge in [-0.05, 0) is 30.2 Å². The molecule has 5 nitrogen and oxygen atoms in total. The Hall–Kier alpha value is -2.82. The number of nitro groups is 1. The Morgan fingerprint density at radius 2 is 2.05 bits per heavy atom. The van der Waals surface area contributed by atoms with Crippen molar-refractivity contribution in [3.8, 4) is 0 Å². The number of rotatable bonds is 1. The van der Waals surface area contributed by atoms with Crippen molar-refractivity contribution in [2.45, 2.75) is 6.42 Å². The number of non-ortho nitro benzene ring substituents is 1. The Labute approximate surface area is 128 Å². The molecule has 2 heterocycles. The van der Waals surface area contributed by atoms with Gasteiger partial charge in [-0.2, -0.15) is 0 Å². The van der Waals surface area contributed by atoms with Gasteiger partial charge in [-0.3, -0.25) is 10.1 Å². The summed E-state index contributed by atoms with van der Waals surface area (Å²) < 4.78 is 4.80. The molecule has 0 radical (unpaired) electrons. The van der Waals surface area contributed by atoms with Crippen LogP contribution >= 0.6 is 0 Å². The molecule has 112 valence electrons. The van der Waals surface area contributed by atoms with E-state index in [0.29, 0.717) is 5.39 Å². The van der Waals surface area contributed by atoms with Gasteiger partial charge in [0.05, 0.1) is 16.6 Å². The van der Waals surface area contributed by atoms with Crippen LogP contribution in [-0.4, -0.2) is 18.1 Å². The molecule has 1 N–H and O–H groups in total. The van der Waals surface area contributed by atoms with Gasteiger partial charge in [-0.1, -0.05) is 24.3 Å². The molecule has 0 spiro atoms. The summed E-state index contributed by atoms with van der Waals surface area (Å²) in [7, 11) is 0. The smallest absolute Gasteiger partial charge is 0.277 e. The van der Waals surface area contributed by atoms with Crippen LogP contribution in [0.25, 0.3) is 10.8 Å². The number of allylic oxidation sites excluding steroid dienone is 2. The molecule has 2 aliphatic heterocycles. The summed E-state index contributed by atoms with van der Waals surface area (Å²) in [6.07, 6.45) is 8.46. The van der Waals surface area contributed by atoms with Gasteiger partial charge in [0.25, 0.3) is 5.69 Å². The average Bonchev–Trinajstić information content (AvgIpc) is 3.05. The molecule has 0 saturated carbocycles. The maximum Gasteiger partial charge on any atom is 0.277 e. The van der Waals surface area contributed by atoms with Gasteiger partial charge in [-0.15, -0.1) is 0 Å².